The third kappa shape index (κ3) is 11.9. The highest BCUT2D eigenvalue weighted by molar-refractivity contribution is 5.69. The van der Waals surface area contributed by atoms with Gasteiger partial charge in [0.25, 0.3) is 5.56 Å². The highest BCUT2D eigenvalue weighted by atomic mass is 19.1. The largest absolute Gasteiger partial charge is 0.466 e. The molecule has 2 heterocycles. The van der Waals surface area contributed by atoms with E-state index in [1.807, 2.05) is 6.92 Å². The number of esters is 1. The molecule has 1 saturated heterocycles. The van der Waals surface area contributed by atoms with E-state index in [2.05, 4.69) is 32.9 Å². The molecule has 0 amide bonds. The molecule has 1 aromatic heterocycles. The molecule has 4 atom stereocenters. The van der Waals surface area contributed by atoms with Gasteiger partial charge in [0.2, 0.25) is 5.82 Å². The molecule has 0 bridgehead atoms. The Bertz CT molecular complexity index is 1290. The Balaban J connectivity index is 2.27. The van der Waals surface area contributed by atoms with Crippen molar-refractivity contribution < 1.29 is 32.9 Å². The molecular weight excluding hydrogens is 571 g/mol. The Kier molecular flexibility index (Phi) is 15.4. The monoisotopic (exact) mass is 622 g/mol. The van der Waals surface area contributed by atoms with Crippen LogP contribution in [0.1, 0.15) is 93.2 Å². The quantitative estimate of drug-likeness (QED) is 0.184. The number of carbonyl (C=O) groups excluding carboxylic acids is 1. The van der Waals surface area contributed by atoms with E-state index in [0.29, 0.717) is 0 Å². The molecule has 1 aliphatic rings. The van der Waals surface area contributed by atoms with Gasteiger partial charge in [-0.1, -0.05) is 34.9 Å². The van der Waals surface area contributed by atoms with E-state index in [1.165, 1.54) is 18.3 Å². The standard InChI is InChI=1S/C33H51FN2O8/c1-9-41-30(37)16-18-33(7)42-22-29(43-28(21-40-8)26(6)44-33)36-20-27(34)31(38)35(32(36)39)19-17-25(5)15-11-14-24(4)13-10-12-23(2)3/h12,14,17,20,26,28-29H,9-11,13,15-16,18-19,21-22H2,1-8H3/b24-14+,25-17+/t26-,28-,29-,33+/m1/s1. The lowest BCUT2D eigenvalue weighted by Gasteiger charge is -2.40. The lowest BCUT2D eigenvalue weighted by Crippen LogP contribution is -2.50. The van der Waals surface area contributed by atoms with Crippen LogP contribution in [0.5, 0.6) is 0 Å². The van der Waals surface area contributed by atoms with E-state index in [9.17, 15) is 18.8 Å². The van der Waals surface area contributed by atoms with Gasteiger partial charge in [0.05, 0.1) is 38.5 Å². The van der Waals surface area contributed by atoms with Gasteiger partial charge in [-0.3, -0.25) is 18.7 Å². The maximum absolute atomic E-state index is 15.0. The molecule has 0 saturated carbocycles. The van der Waals surface area contributed by atoms with E-state index in [0.717, 1.165) is 46.6 Å². The summed E-state index contributed by atoms with van der Waals surface area (Å²) in [4.78, 5) is 38.3. The lowest BCUT2D eigenvalue weighted by atomic mass is 10.1. The van der Waals surface area contributed by atoms with Gasteiger partial charge in [0.15, 0.2) is 12.0 Å². The van der Waals surface area contributed by atoms with Gasteiger partial charge in [-0.25, -0.2) is 4.79 Å². The normalized spacial score (nSPS) is 23.2. The van der Waals surface area contributed by atoms with Crippen LogP contribution in [0.15, 0.2) is 50.7 Å². The van der Waals surface area contributed by atoms with Crippen LogP contribution >= 0.6 is 0 Å². The van der Waals surface area contributed by atoms with Crippen LogP contribution in [-0.2, 0) is 35.0 Å². The molecule has 0 aliphatic carbocycles. The van der Waals surface area contributed by atoms with Crippen LogP contribution in [0, 0.1) is 5.82 Å². The Morgan fingerprint density at radius 2 is 1.75 bits per heavy atom. The number of hydrogen-bond acceptors (Lipinski definition) is 8. The predicted octanol–water partition coefficient (Wildman–Crippen LogP) is 5.59. The summed E-state index contributed by atoms with van der Waals surface area (Å²) < 4.78 is 45.5. The number of carbonyl (C=O) groups is 1. The molecule has 44 heavy (non-hydrogen) atoms. The number of allylic oxidation sites excluding steroid dienone is 6. The fourth-order valence-corrected chi connectivity index (χ4v) is 4.82. The van der Waals surface area contributed by atoms with Crippen LogP contribution in [0.25, 0.3) is 0 Å². The van der Waals surface area contributed by atoms with E-state index < -0.39 is 47.3 Å². The molecule has 1 fully saturated rings. The Hall–Kier alpha value is -2.86. The molecule has 0 N–H and O–H groups in total. The predicted molar refractivity (Wildman–Crippen MR) is 167 cm³/mol. The van der Waals surface area contributed by atoms with Gasteiger partial charge >= 0.3 is 11.7 Å². The first-order chi connectivity index (χ1) is 20.8. The fraction of sp³-hybridized carbons (Fsp3) is 0.667. The molecule has 248 valence electrons. The number of halogens is 1. The second kappa shape index (κ2) is 18.2. The van der Waals surface area contributed by atoms with Crippen molar-refractivity contribution in [2.24, 2.45) is 0 Å². The van der Waals surface area contributed by atoms with Gasteiger partial charge in [0.1, 0.15) is 6.10 Å². The number of rotatable bonds is 15. The Labute approximate surface area is 260 Å². The molecular formula is C33H51FN2O8. The summed E-state index contributed by atoms with van der Waals surface area (Å²) in [5.74, 6) is -2.71. The van der Waals surface area contributed by atoms with Crippen molar-refractivity contribution in [1.29, 1.82) is 0 Å². The van der Waals surface area contributed by atoms with Crippen molar-refractivity contribution in [2.75, 3.05) is 26.9 Å². The van der Waals surface area contributed by atoms with Crippen molar-refractivity contribution in [1.82, 2.24) is 9.13 Å². The molecule has 11 heteroatoms. The number of methoxy groups -OCH3 is 1. The lowest BCUT2D eigenvalue weighted by molar-refractivity contribution is -0.313. The topological polar surface area (TPSA) is 107 Å². The fourth-order valence-electron chi connectivity index (χ4n) is 4.82. The zero-order valence-electron chi connectivity index (χ0n) is 27.7. The third-order valence-corrected chi connectivity index (χ3v) is 7.45. The van der Waals surface area contributed by atoms with Crippen LogP contribution in [0.2, 0.25) is 0 Å². The Morgan fingerprint density at radius 3 is 2.39 bits per heavy atom. The molecule has 0 radical (unpaired) electrons. The zero-order valence-corrected chi connectivity index (χ0v) is 27.7. The minimum atomic E-state index is -1.23. The van der Waals surface area contributed by atoms with Gasteiger partial charge in [-0.05, 0) is 74.1 Å². The molecule has 0 unspecified atom stereocenters. The van der Waals surface area contributed by atoms with E-state index >= 15 is 0 Å². The minimum Gasteiger partial charge on any atom is -0.466 e. The average Bonchev–Trinajstić information content (AvgIpc) is 2.95. The van der Waals surface area contributed by atoms with Crippen LogP contribution in [0.3, 0.4) is 0 Å². The molecule has 0 spiro atoms. The van der Waals surface area contributed by atoms with Crippen molar-refractivity contribution in [2.45, 2.75) is 118 Å². The summed E-state index contributed by atoms with van der Waals surface area (Å²) in [5, 5.41) is 0. The second-order valence-electron chi connectivity index (χ2n) is 11.7. The van der Waals surface area contributed by atoms with Gasteiger partial charge in [-0.15, -0.1) is 0 Å². The van der Waals surface area contributed by atoms with Crippen molar-refractivity contribution in [3.05, 3.63) is 67.8 Å². The summed E-state index contributed by atoms with van der Waals surface area (Å²) in [6.45, 7) is 13.5. The van der Waals surface area contributed by atoms with E-state index in [-0.39, 0.29) is 39.2 Å². The minimum absolute atomic E-state index is 0.0495. The maximum atomic E-state index is 15.0. The summed E-state index contributed by atoms with van der Waals surface area (Å²) in [7, 11) is 1.50. The molecule has 10 nitrogen and oxygen atoms in total. The summed E-state index contributed by atoms with van der Waals surface area (Å²) >= 11 is 0. The Morgan fingerprint density at radius 1 is 1.09 bits per heavy atom. The number of hydrogen-bond donors (Lipinski definition) is 0. The first kappa shape index (κ1) is 37.3. The van der Waals surface area contributed by atoms with Gasteiger partial charge < -0.3 is 23.7 Å². The summed E-state index contributed by atoms with van der Waals surface area (Å²) in [6, 6.07) is 0. The van der Waals surface area contributed by atoms with Crippen LogP contribution in [-0.4, -0.2) is 60.0 Å². The molecule has 1 aromatic rings. The smallest absolute Gasteiger partial charge is 0.333 e. The average molecular weight is 623 g/mol. The molecule has 0 aromatic carbocycles. The van der Waals surface area contributed by atoms with Crippen LogP contribution < -0.4 is 11.2 Å². The van der Waals surface area contributed by atoms with E-state index in [1.54, 1.807) is 26.8 Å². The third-order valence-electron chi connectivity index (χ3n) is 7.45. The number of aromatic nitrogens is 2. The SMILES string of the molecule is CCOC(=O)CC[C@@]1(C)OC[C@H](n2cc(F)c(=O)n(C/C=C(\C)CC/C=C(\C)CCC=C(C)C)c2=O)O[C@H](COC)[C@@H](C)O1. The van der Waals surface area contributed by atoms with E-state index in [4.69, 9.17) is 23.7 Å². The van der Waals surface area contributed by atoms with Gasteiger partial charge in [0, 0.05) is 20.1 Å². The first-order valence-corrected chi connectivity index (χ1v) is 15.4. The van der Waals surface area contributed by atoms with Crippen molar-refractivity contribution in [3.63, 3.8) is 0 Å². The maximum Gasteiger partial charge on any atom is 0.333 e. The zero-order chi connectivity index (χ0) is 32.9. The highest BCUT2D eigenvalue weighted by Gasteiger charge is 2.38. The first-order valence-electron chi connectivity index (χ1n) is 15.4. The second-order valence-corrected chi connectivity index (χ2v) is 11.7. The highest BCUT2D eigenvalue weighted by Crippen LogP contribution is 2.29. The summed E-state index contributed by atoms with van der Waals surface area (Å²) in [6.07, 6.45) is 8.52. The van der Waals surface area contributed by atoms with Crippen molar-refractivity contribution in [3.8, 4) is 0 Å². The molecule has 1 aliphatic heterocycles. The number of ether oxygens (including phenoxy) is 5. The number of nitrogens with zero attached hydrogens (tertiary/aromatic N) is 2. The summed E-state index contributed by atoms with van der Waals surface area (Å²) in [5.41, 5.74) is 1.85. The van der Waals surface area contributed by atoms with Gasteiger partial charge in [-0.2, -0.15) is 4.39 Å². The van der Waals surface area contributed by atoms with Crippen molar-refractivity contribution >= 4 is 5.97 Å². The van der Waals surface area contributed by atoms with Crippen LogP contribution in [0.4, 0.5) is 4.39 Å². The molecule has 2 rings (SSSR count).